The highest BCUT2D eigenvalue weighted by molar-refractivity contribution is 7.89. The van der Waals surface area contributed by atoms with Crippen LogP contribution in [-0.2, 0) is 14.8 Å². The van der Waals surface area contributed by atoms with E-state index in [1.807, 2.05) is 18.7 Å². The summed E-state index contributed by atoms with van der Waals surface area (Å²) in [6.07, 6.45) is 0. The van der Waals surface area contributed by atoms with Gasteiger partial charge in [-0.05, 0) is 6.92 Å². The Labute approximate surface area is 145 Å². The van der Waals surface area contributed by atoms with Crippen molar-refractivity contribution in [2.75, 3.05) is 36.8 Å². The first-order valence-corrected chi connectivity index (χ1v) is 10.4. The van der Waals surface area contributed by atoms with Crippen molar-refractivity contribution in [1.29, 1.82) is 0 Å². The van der Waals surface area contributed by atoms with Gasteiger partial charge in [0.1, 0.15) is 10.4 Å². The molecule has 2 aliphatic rings. The van der Waals surface area contributed by atoms with Gasteiger partial charge in [0, 0.05) is 38.0 Å². The monoisotopic (exact) mass is 374 g/mol. The molecule has 1 N–H and O–H groups in total. The normalized spacial score (nSPS) is 27.8. The van der Waals surface area contributed by atoms with Crippen LogP contribution in [0.5, 0.6) is 0 Å². The molecule has 8 nitrogen and oxygen atoms in total. The van der Waals surface area contributed by atoms with E-state index in [0.717, 1.165) is 10.1 Å². The summed E-state index contributed by atoms with van der Waals surface area (Å²) in [5.74, 6) is -0.898. The maximum absolute atomic E-state index is 12.1. The summed E-state index contributed by atoms with van der Waals surface area (Å²) < 4.78 is 25.6. The lowest BCUT2D eigenvalue weighted by Crippen LogP contribution is -2.42. The Morgan fingerprint density at radius 1 is 1.38 bits per heavy atom. The number of nitrogens with zero attached hydrogens (tertiary/aromatic N) is 4. The molecule has 134 valence electrons. The lowest BCUT2D eigenvalue weighted by atomic mass is 9.81. The second kappa shape index (κ2) is 5.92. The fraction of sp³-hybridized carbons (Fsp3) is 0.786. The van der Waals surface area contributed by atoms with Crippen molar-refractivity contribution in [3.8, 4) is 0 Å². The van der Waals surface area contributed by atoms with E-state index in [4.69, 9.17) is 0 Å². The standard InChI is InChI=1S/C14H22N4O4S2/c1-4-24(21,22)18-6-10-5-17(7-14(10,8-18)12(19)20)13-16-15-11(23-13)9(2)3/h9-10H,4-8H2,1-3H3,(H,19,20)/t10-,14-/m0/s1. The predicted octanol–water partition coefficient (Wildman–Crippen LogP) is 0.834. The van der Waals surface area contributed by atoms with Gasteiger partial charge in [0.05, 0.1) is 5.75 Å². The third-order valence-corrected chi connectivity index (χ3v) is 8.04. The Kier molecular flexibility index (Phi) is 4.33. The van der Waals surface area contributed by atoms with E-state index in [1.54, 1.807) is 6.92 Å². The third kappa shape index (κ3) is 2.70. The molecule has 0 bridgehead atoms. The van der Waals surface area contributed by atoms with Crippen molar-refractivity contribution in [3.63, 3.8) is 0 Å². The van der Waals surface area contributed by atoms with Gasteiger partial charge in [-0.1, -0.05) is 25.2 Å². The number of sulfonamides is 1. The van der Waals surface area contributed by atoms with Gasteiger partial charge in [-0.2, -0.15) is 0 Å². The van der Waals surface area contributed by atoms with Gasteiger partial charge in [-0.15, -0.1) is 10.2 Å². The van der Waals surface area contributed by atoms with E-state index < -0.39 is 21.4 Å². The SMILES string of the molecule is CCS(=O)(=O)N1C[C@@H]2CN(c3nnc(C(C)C)s3)C[C@]2(C(=O)O)C1. The minimum absolute atomic E-state index is 0.00666. The highest BCUT2D eigenvalue weighted by atomic mass is 32.2. The highest BCUT2D eigenvalue weighted by Crippen LogP contribution is 2.45. The average molecular weight is 374 g/mol. The second-order valence-corrected chi connectivity index (χ2v) is 10.1. The molecule has 24 heavy (non-hydrogen) atoms. The van der Waals surface area contributed by atoms with Crippen molar-refractivity contribution in [2.45, 2.75) is 26.7 Å². The minimum atomic E-state index is -3.37. The Bertz CT molecular complexity index is 748. The van der Waals surface area contributed by atoms with Gasteiger partial charge in [-0.25, -0.2) is 12.7 Å². The molecule has 2 atom stereocenters. The summed E-state index contributed by atoms with van der Waals surface area (Å²) >= 11 is 1.48. The lowest BCUT2D eigenvalue weighted by molar-refractivity contribution is -0.148. The average Bonchev–Trinajstić information content (AvgIpc) is 3.18. The largest absolute Gasteiger partial charge is 0.481 e. The van der Waals surface area contributed by atoms with Crippen LogP contribution in [0.4, 0.5) is 5.13 Å². The van der Waals surface area contributed by atoms with Crippen LogP contribution in [0.2, 0.25) is 0 Å². The van der Waals surface area contributed by atoms with Crippen LogP contribution in [0.15, 0.2) is 0 Å². The molecule has 1 aromatic rings. The molecule has 0 radical (unpaired) electrons. The number of anilines is 1. The maximum atomic E-state index is 12.1. The van der Waals surface area contributed by atoms with Crippen molar-refractivity contribution in [1.82, 2.24) is 14.5 Å². The Balaban J connectivity index is 1.85. The van der Waals surface area contributed by atoms with Gasteiger partial charge in [-0.3, -0.25) is 4.79 Å². The summed E-state index contributed by atoms with van der Waals surface area (Å²) in [6.45, 7) is 6.72. The molecular weight excluding hydrogens is 352 g/mol. The van der Waals surface area contributed by atoms with Crippen LogP contribution >= 0.6 is 11.3 Å². The molecule has 0 unspecified atom stereocenters. The zero-order valence-electron chi connectivity index (χ0n) is 14.0. The molecular formula is C14H22N4O4S2. The Morgan fingerprint density at radius 2 is 2.08 bits per heavy atom. The van der Waals surface area contributed by atoms with E-state index >= 15 is 0 Å². The summed E-state index contributed by atoms with van der Waals surface area (Å²) in [4.78, 5) is 13.9. The molecule has 2 fully saturated rings. The van der Waals surface area contributed by atoms with Crippen LogP contribution in [0.1, 0.15) is 31.7 Å². The summed E-state index contributed by atoms with van der Waals surface area (Å²) in [5.41, 5.74) is -1.06. The first kappa shape index (κ1) is 17.6. The van der Waals surface area contributed by atoms with Gasteiger partial charge < -0.3 is 10.0 Å². The zero-order valence-corrected chi connectivity index (χ0v) is 15.6. The number of hydrogen-bond acceptors (Lipinski definition) is 7. The van der Waals surface area contributed by atoms with Crippen LogP contribution < -0.4 is 4.90 Å². The van der Waals surface area contributed by atoms with Crippen LogP contribution in [0, 0.1) is 11.3 Å². The zero-order chi connectivity index (χ0) is 17.7. The first-order chi connectivity index (χ1) is 11.2. The lowest BCUT2D eigenvalue weighted by Gasteiger charge is -2.24. The summed E-state index contributed by atoms with van der Waals surface area (Å²) in [7, 11) is -3.37. The molecule has 0 aromatic carbocycles. The molecule has 2 saturated heterocycles. The van der Waals surface area contributed by atoms with E-state index in [2.05, 4.69) is 10.2 Å². The number of carbonyl (C=O) groups is 1. The van der Waals surface area contributed by atoms with Crippen molar-refractivity contribution >= 4 is 32.5 Å². The Morgan fingerprint density at radius 3 is 2.58 bits per heavy atom. The fourth-order valence-electron chi connectivity index (χ4n) is 3.45. The number of rotatable bonds is 5. The highest BCUT2D eigenvalue weighted by Gasteiger charge is 2.59. The van der Waals surface area contributed by atoms with Crippen LogP contribution in [-0.4, -0.2) is 65.9 Å². The quantitative estimate of drug-likeness (QED) is 0.814. The molecule has 0 saturated carbocycles. The number of hydrogen-bond donors (Lipinski definition) is 1. The predicted molar refractivity (Wildman–Crippen MR) is 90.8 cm³/mol. The van der Waals surface area contributed by atoms with Gasteiger partial charge >= 0.3 is 5.97 Å². The van der Waals surface area contributed by atoms with E-state index in [0.29, 0.717) is 6.54 Å². The number of carboxylic acids is 1. The Hall–Kier alpha value is -1.26. The van der Waals surface area contributed by atoms with E-state index in [9.17, 15) is 18.3 Å². The molecule has 0 spiro atoms. The topological polar surface area (TPSA) is 104 Å². The molecule has 3 rings (SSSR count). The van der Waals surface area contributed by atoms with Crippen LogP contribution in [0.25, 0.3) is 0 Å². The minimum Gasteiger partial charge on any atom is -0.481 e. The molecule has 3 heterocycles. The van der Waals surface area contributed by atoms with Crippen molar-refractivity contribution in [2.24, 2.45) is 11.3 Å². The second-order valence-electron chi connectivity index (χ2n) is 6.81. The number of aromatic nitrogens is 2. The molecule has 0 amide bonds. The summed E-state index contributed by atoms with van der Waals surface area (Å²) in [5, 5.41) is 19.8. The van der Waals surface area contributed by atoms with Crippen LogP contribution in [0.3, 0.4) is 0 Å². The number of carboxylic acid groups (broad SMARTS) is 1. The van der Waals surface area contributed by atoms with Crippen molar-refractivity contribution < 1.29 is 18.3 Å². The van der Waals surface area contributed by atoms with E-state index in [-0.39, 0.29) is 37.2 Å². The number of aliphatic carboxylic acids is 1. The first-order valence-electron chi connectivity index (χ1n) is 7.99. The smallest absolute Gasteiger partial charge is 0.313 e. The van der Waals surface area contributed by atoms with Gasteiger partial charge in [0.2, 0.25) is 15.2 Å². The molecule has 10 heteroatoms. The third-order valence-electron chi connectivity index (χ3n) is 4.96. The number of fused-ring (bicyclic) bond motifs is 1. The molecule has 2 aliphatic heterocycles. The van der Waals surface area contributed by atoms with Gasteiger partial charge in [0.15, 0.2) is 0 Å². The maximum Gasteiger partial charge on any atom is 0.313 e. The van der Waals surface area contributed by atoms with Crippen molar-refractivity contribution in [3.05, 3.63) is 5.01 Å². The summed E-state index contributed by atoms with van der Waals surface area (Å²) in [6, 6.07) is 0. The van der Waals surface area contributed by atoms with Gasteiger partial charge in [0.25, 0.3) is 0 Å². The molecule has 0 aliphatic carbocycles. The fourth-order valence-corrected chi connectivity index (χ4v) is 5.50. The molecule has 1 aromatic heterocycles. The van der Waals surface area contributed by atoms with E-state index in [1.165, 1.54) is 15.6 Å².